The van der Waals surface area contributed by atoms with Gasteiger partial charge in [0.05, 0.1) is 18.0 Å². The van der Waals surface area contributed by atoms with Crippen molar-refractivity contribution in [2.45, 2.75) is 13.3 Å². The zero-order valence-corrected chi connectivity index (χ0v) is 11.5. The van der Waals surface area contributed by atoms with Gasteiger partial charge in [-0.1, -0.05) is 0 Å². The Bertz CT molecular complexity index is 427. The molecule has 0 aliphatic heterocycles. The van der Waals surface area contributed by atoms with Gasteiger partial charge in [-0.3, -0.25) is 4.21 Å². The SMILES string of the molecule is CCOc1cc(NCCCS(C)=O)c(N)cc1F. The molecule has 0 aliphatic rings. The van der Waals surface area contributed by atoms with Crippen LogP contribution in [-0.4, -0.2) is 29.4 Å². The van der Waals surface area contributed by atoms with E-state index in [-0.39, 0.29) is 5.75 Å². The van der Waals surface area contributed by atoms with E-state index >= 15 is 0 Å². The van der Waals surface area contributed by atoms with E-state index in [2.05, 4.69) is 5.32 Å². The topological polar surface area (TPSA) is 64.3 Å². The van der Waals surface area contributed by atoms with Crippen LogP contribution < -0.4 is 15.8 Å². The van der Waals surface area contributed by atoms with Crippen LogP contribution in [0, 0.1) is 5.82 Å². The van der Waals surface area contributed by atoms with Crippen molar-refractivity contribution in [1.82, 2.24) is 0 Å². The Morgan fingerprint density at radius 2 is 2.22 bits per heavy atom. The quantitative estimate of drug-likeness (QED) is 0.589. The average molecular weight is 274 g/mol. The molecule has 1 aromatic carbocycles. The van der Waals surface area contributed by atoms with E-state index in [0.717, 1.165) is 6.42 Å². The monoisotopic (exact) mass is 274 g/mol. The summed E-state index contributed by atoms with van der Waals surface area (Å²) in [5, 5.41) is 3.09. The van der Waals surface area contributed by atoms with Crippen molar-refractivity contribution in [2.24, 2.45) is 0 Å². The van der Waals surface area contributed by atoms with E-state index in [1.807, 2.05) is 0 Å². The Balaban J connectivity index is 2.64. The molecule has 0 saturated carbocycles. The van der Waals surface area contributed by atoms with E-state index in [9.17, 15) is 8.60 Å². The Hall–Kier alpha value is -1.30. The van der Waals surface area contributed by atoms with E-state index in [4.69, 9.17) is 10.5 Å². The molecule has 0 spiro atoms. The molecule has 0 aliphatic carbocycles. The summed E-state index contributed by atoms with van der Waals surface area (Å²) in [6, 6.07) is 2.79. The maximum absolute atomic E-state index is 13.4. The van der Waals surface area contributed by atoms with Crippen LogP contribution in [0.5, 0.6) is 5.75 Å². The van der Waals surface area contributed by atoms with Gasteiger partial charge in [-0.25, -0.2) is 4.39 Å². The highest BCUT2D eigenvalue weighted by Gasteiger charge is 2.08. The van der Waals surface area contributed by atoms with Crippen molar-refractivity contribution in [3.8, 4) is 5.75 Å². The van der Waals surface area contributed by atoms with Gasteiger partial charge in [-0.15, -0.1) is 0 Å². The fourth-order valence-corrected chi connectivity index (χ4v) is 2.04. The zero-order chi connectivity index (χ0) is 13.5. The van der Waals surface area contributed by atoms with Gasteiger partial charge in [0.15, 0.2) is 11.6 Å². The molecule has 102 valence electrons. The molecule has 0 fully saturated rings. The number of rotatable bonds is 7. The molecule has 1 unspecified atom stereocenters. The van der Waals surface area contributed by atoms with Gasteiger partial charge in [-0.05, 0) is 13.3 Å². The second-order valence-corrected chi connectivity index (χ2v) is 5.42. The Kier molecular flexibility index (Phi) is 5.91. The van der Waals surface area contributed by atoms with Crippen molar-refractivity contribution in [3.05, 3.63) is 17.9 Å². The minimum atomic E-state index is -0.796. The third kappa shape index (κ3) is 4.52. The maximum Gasteiger partial charge on any atom is 0.167 e. The molecule has 18 heavy (non-hydrogen) atoms. The van der Waals surface area contributed by atoms with Crippen LogP contribution in [0.1, 0.15) is 13.3 Å². The van der Waals surface area contributed by atoms with Crippen LogP contribution in [0.3, 0.4) is 0 Å². The van der Waals surface area contributed by atoms with Gasteiger partial charge in [0.2, 0.25) is 0 Å². The summed E-state index contributed by atoms with van der Waals surface area (Å²) < 4.78 is 29.5. The molecule has 1 aromatic rings. The number of nitrogens with two attached hydrogens (primary N) is 1. The lowest BCUT2D eigenvalue weighted by Crippen LogP contribution is -2.08. The molecule has 6 heteroatoms. The van der Waals surface area contributed by atoms with Crippen LogP contribution >= 0.6 is 0 Å². The van der Waals surface area contributed by atoms with E-state index in [1.165, 1.54) is 6.07 Å². The predicted molar refractivity (Wildman–Crippen MR) is 74.0 cm³/mol. The Morgan fingerprint density at radius 1 is 1.50 bits per heavy atom. The average Bonchev–Trinajstić information content (AvgIpc) is 2.29. The summed E-state index contributed by atoms with van der Waals surface area (Å²) in [6.45, 7) is 2.83. The van der Waals surface area contributed by atoms with E-state index < -0.39 is 16.6 Å². The largest absolute Gasteiger partial charge is 0.491 e. The molecule has 0 saturated heterocycles. The number of hydrogen-bond donors (Lipinski definition) is 2. The minimum absolute atomic E-state index is 0.188. The first-order valence-electron chi connectivity index (χ1n) is 5.80. The van der Waals surface area contributed by atoms with Crippen molar-refractivity contribution in [2.75, 3.05) is 36.2 Å². The lowest BCUT2D eigenvalue weighted by molar-refractivity contribution is 0.322. The lowest BCUT2D eigenvalue weighted by Gasteiger charge is -2.12. The molecule has 0 amide bonds. The van der Waals surface area contributed by atoms with Crippen molar-refractivity contribution >= 4 is 22.2 Å². The van der Waals surface area contributed by atoms with Crippen LogP contribution in [0.15, 0.2) is 12.1 Å². The molecule has 4 nitrogen and oxygen atoms in total. The summed E-state index contributed by atoms with van der Waals surface area (Å²) in [5.41, 5.74) is 6.69. The molecule has 0 bridgehead atoms. The zero-order valence-electron chi connectivity index (χ0n) is 10.7. The molecule has 0 aromatic heterocycles. The fraction of sp³-hybridized carbons (Fsp3) is 0.500. The van der Waals surface area contributed by atoms with Gasteiger partial charge >= 0.3 is 0 Å². The molecular formula is C12H19FN2O2S. The predicted octanol–water partition coefficient (Wildman–Crippen LogP) is 1.99. The number of nitrogen functional groups attached to an aromatic ring is 1. The molecule has 1 rings (SSSR count). The lowest BCUT2D eigenvalue weighted by atomic mass is 10.2. The smallest absolute Gasteiger partial charge is 0.167 e. The third-order valence-corrected chi connectivity index (χ3v) is 3.19. The van der Waals surface area contributed by atoms with Crippen LogP contribution in [0.2, 0.25) is 0 Å². The fourth-order valence-electron chi connectivity index (χ4n) is 1.49. The number of anilines is 2. The van der Waals surface area contributed by atoms with Crippen LogP contribution in [0.4, 0.5) is 15.8 Å². The van der Waals surface area contributed by atoms with Gasteiger partial charge in [0, 0.05) is 41.5 Å². The molecule has 1 atom stereocenters. The second-order valence-electron chi connectivity index (χ2n) is 3.86. The minimum Gasteiger partial charge on any atom is -0.491 e. The number of ether oxygens (including phenoxy) is 1. The second kappa shape index (κ2) is 7.20. The van der Waals surface area contributed by atoms with Gasteiger partial charge in [-0.2, -0.15) is 0 Å². The van der Waals surface area contributed by atoms with Gasteiger partial charge < -0.3 is 15.8 Å². The number of benzene rings is 1. The Labute approximate surface area is 109 Å². The summed E-state index contributed by atoms with van der Waals surface area (Å²) in [4.78, 5) is 0. The summed E-state index contributed by atoms with van der Waals surface area (Å²) >= 11 is 0. The van der Waals surface area contributed by atoms with Gasteiger partial charge in [0.25, 0.3) is 0 Å². The van der Waals surface area contributed by atoms with Crippen LogP contribution in [0.25, 0.3) is 0 Å². The molecule has 0 heterocycles. The molecule has 3 N–H and O–H groups in total. The highest BCUT2D eigenvalue weighted by Crippen LogP contribution is 2.28. The first-order valence-corrected chi connectivity index (χ1v) is 7.53. The third-order valence-electron chi connectivity index (χ3n) is 2.33. The van der Waals surface area contributed by atoms with Crippen LogP contribution in [-0.2, 0) is 10.8 Å². The summed E-state index contributed by atoms with van der Waals surface area (Å²) in [7, 11) is -0.796. The molecule has 0 radical (unpaired) electrons. The van der Waals surface area contributed by atoms with Gasteiger partial charge in [0.1, 0.15) is 0 Å². The normalized spacial score (nSPS) is 12.2. The number of hydrogen-bond acceptors (Lipinski definition) is 4. The van der Waals surface area contributed by atoms with E-state index in [1.54, 1.807) is 19.2 Å². The summed E-state index contributed by atoms with van der Waals surface area (Å²) in [6.07, 6.45) is 2.43. The van der Waals surface area contributed by atoms with Crippen molar-refractivity contribution in [3.63, 3.8) is 0 Å². The molecular weight excluding hydrogens is 255 g/mol. The first-order chi connectivity index (χ1) is 8.54. The standard InChI is InChI=1S/C12H19FN2O2S/c1-3-17-12-8-11(10(14)7-9(12)13)15-5-4-6-18(2)16/h7-8,15H,3-6,14H2,1-2H3. The van der Waals surface area contributed by atoms with Crippen molar-refractivity contribution < 1.29 is 13.3 Å². The number of halogens is 1. The van der Waals surface area contributed by atoms with Crippen molar-refractivity contribution in [1.29, 1.82) is 0 Å². The number of nitrogens with one attached hydrogen (secondary N) is 1. The van der Waals surface area contributed by atoms with E-state index in [0.29, 0.717) is 30.3 Å². The highest BCUT2D eigenvalue weighted by molar-refractivity contribution is 7.84. The highest BCUT2D eigenvalue weighted by atomic mass is 32.2. The first kappa shape index (κ1) is 14.8. The Morgan fingerprint density at radius 3 is 2.83 bits per heavy atom. The summed E-state index contributed by atoms with van der Waals surface area (Å²) in [5.74, 6) is 0.356. The maximum atomic E-state index is 13.4.